The summed E-state index contributed by atoms with van der Waals surface area (Å²) >= 11 is 0. The van der Waals surface area contributed by atoms with Crippen LogP contribution in [-0.2, 0) is 13.5 Å². The number of amides is 1. The quantitative estimate of drug-likeness (QED) is 0.815. The Morgan fingerprint density at radius 2 is 2.04 bits per heavy atom. The molecule has 1 heterocycles. The minimum absolute atomic E-state index is 0.0312. The second-order valence-corrected chi connectivity index (χ2v) is 5.85. The van der Waals surface area contributed by atoms with Crippen LogP contribution in [0.2, 0.25) is 0 Å². The molecular formula is C19H17N3O2. The van der Waals surface area contributed by atoms with Gasteiger partial charge in [-0.15, -0.1) is 0 Å². The highest BCUT2D eigenvalue weighted by Crippen LogP contribution is 2.29. The van der Waals surface area contributed by atoms with Gasteiger partial charge in [0.15, 0.2) is 0 Å². The summed E-state index contributed by atoms with van der Waals surface area (Å²) in [5.41, 5.74) is 4.26. The number of allylic oxidation sites excluding steroid dienone is 1. The van der Waals surface area contributed by atoms with Gasteiger partial charge in [0.2, 0.25) is 0 Å². The normalized spacial score (nSPS) is 11.9. The Balaban J connectivity index is 1.99. The van der Waals surface area contributed by atoms with Crippen molar-refractivity contribution < 1.29 is 4.79 Å². The van der Waals surface area contributed by atoms with Crippen LogP contribution >= 0.6 is 0 Å². The first kappa shape index (κ1) is 15.8. The summed E-state index contributed by atoms with van der Waals surface area (Å²) in [7, 11) is 3.35. The number of carbonyl (C=O) groups excluding carboxylic acids is 1. The lowest BCUT2D eigenvalue weighted by atomic mass is 9.98. The van der Waals surface area contributed by atoms with Crippen molar-refractivity contribution in [2.75, 3.05) is 13.6 Å². The molecule has 0 saturated carbocycles. The molecule has 0 bridgehead atoms. The van der Waals surface area contributed by atoms with Crippen molar-refractivity contribution in [1.82, 2.24) is 9.47 Å². The van der Waals surface area contributed by atoms with Crippen LogP contribution in [0.3, 0.4) is 0 Å². The molecule has 0 saturated heterocycles. The van der Waals surface area contributed by atoms with Crippen molar-refractivity contribution in [3.05, 3.63) is 63.6 Å². The van der Waals surface area contributed by atoms with Gasteiger partial charge in [-0.05, 0) is 29.7 Å². The summed E-state index contributed by atoms with van der Waals surface area (Å²) in [6.07, 6.45) is 6.46. The number of aryl methyl sites for hydroxylation is 1. The number of hydrogen-bond donors (Lipinski definition) is 0. The summed E-state index contributed by atoms with van der Waals surface area (Å²) in [4.78, 5) is 25.7. The lowest BCUT2D eigenvalue weighted by molar-refractivity contribution is 0.0812. The fraction of sp³-hybridized carbons (Fsp3) is 0.211. The Kier molecular flexibility index (Phi) is 4.05. The maximum Gasteiger partial charge on any atom is 0.254 e. The average molecular weight is 319 g/mol. The first-order valence-corrected chi connectivity index (χ1v) is 7.65. The minimum Gasteiger partial charge on any atom is -0.328 e. The maximum absolute atomic E-state index is 12.2. The molecular weight excluding hydrogens is 302 g/mol. The van der Waals surface area contributed by atoms with E-state index in [0.717, 1.165) is 22.3 Å². The second-order valence-electron chi connectivity index (χ2n) is 5.85. The third kappa shape index (κ3) is 2.63. The zero-order valence-corrected chi connectivity index (χ0v) is 13.6. The molecule has 0 aliphatic heterocycles. The highest BCUT2D eigenvalue weighted by Gasteiger charge is 2.17. The van der Waals surface area contributed by atoms with Gasteiger partial charge in [-0.3, -0.25) is 9.59 Å². The fourth-order valence-corrected chi connectivity index (χ4v) is 2.92. The summed E-state index contributed by atoms with van der Waals surface area (Å²) in [5, 5.41) is 8.69. The molecule has 24 heavy (non-hydrogen) atoms. The second kappa shape index (κ2) is 6.17. The zero-order valence-electron chi connectivity index (χ0n) is 13.6. The van der Waals surface area contributed by atoms with Crippen molar-refractivity contribution in [3.8, 4) is 17.2 Å². The van der Waals surface area contributed by atoms with E-state index < -0.39 is 0 Å². The predicted octanol–water partition coefficient (Wildman–Crippen LogP) is 2.22. The van der Waals surface area contributed by atoms with Crippen LogP contribution in [0.15, 0.2) is 41.3 Å². The van der Waals surface area contributed by atoms with Gasteiger partial charge in [0.25, 0.3) is 11.5 Å². The average Bonchev–Trinajstić information content (AvgIpc) is 3.08. The predicted molar refractivity (Wildman–Crippen MR) is 92.4 cm³/mol. The van der Waals surface area contributed by atoms with Crippen LogP contribution < -0.4 is 5.56 Å². The molecule has 5 nitrogen and oxygen atoms in total. The van der Waals surface area contributed by atoms with Gasteiger partial charge in [0, 0.05) is 37.0 Å². The lowest BCUT2D eigenvalue weighted by Gasteiger charge is -2.14. The summed E-state index contributed by atoms with van der Waals surface area (Å²) in [6.45, 7) is 0.0552. The molecule has 1 aliphatic rings. The number of nitrogens with zero attached hydrogens (tertiary/aromatic N) is 3. The number of aromatic nitrogens is 1. The van der Waals surface area contributed by atoms with Gasteiger partial charge in [0.05, 0.1) is 6.07 Å². The van der Waals surface area contributed by atoms with Gasteiger partial charge < -0.3 is 9.47 Å². The summed E-state index contributed by atoms with van der Waals surface area (Å²) in [5.74, 6) is -0.186. The fourth-order valence-electron chi connectivity index (χ4n) is 2.92. The van der Waals surface area contributed by atoms with Crippen LogP contribution in [0.25, 0.3) is 17.2 Å². The number of carbonyl (C=O) groups is 1. The van der Waals surface area contributed by atoms with Crippen LogP contribution in [0, 0.1) is 11.3 Å². The Bertz CT molecular complexity index is 931. The van der Waals surface area contributed by atoms with E-state index in [1.165, 1.54) is 4.90 Å². The van der Waals surface area contributed by atoms with Crippen molar-refractivity contribution in [2.45, 2.75) is 6.42 Å². The molecule has 1 aromatic carbocycles. The highest BCUT2D eigenvalue weighted by molar-refractivity contribution is 5.95. The van der Waals surface area contributed by atoms with Crippen LogP contribution in [0.5, 0.6) is 0 Å². The lowest BCUT2D eigenvalue weighted by Crippen LogP contribution is -2.26. The van der Waals surface area contributed by atoms with Crippen LogP contribution in [-0.4, -0.2) is 29.0 Å². The van der Waals surface area contributed by atoms with Crippen LogP contribution in [0.4, 0.5) is 0 Å². The van der Waals surface area contributed by atoms with Crippen molar-refractivity contribution in [1.29, 1.82) is 5.26 Å². The standard InChI is InChI=1S/C19H17N3O2/c1-21(11-10-20)18(23)14-8-6-13(7-9-14)17-12-22(2)19(24)16-5-3-4-15(16)17/h3-4,6-9,12H,5,11H2,1-2H3. The third-order valence-corrected chi connectivity index (χ3v) is 4.22. The molecule has 2 aromatic rings. The molecule has 1 aromatic heterocycles. The molecule has 0 fully saturated rings. The van der Waals surface area contributed by atoms with Gasteiger partial charge >= 0.3 is 0 Å². The van der Waals surface area contributed by atoms with Gasteiger partial charge in [-0.2, -0.15) is 5.26 Å². The molecule has 120 valence electrons. The Morgan fingerprint density at radius 1 is 1.33 bits per heavy atom. The van der Waals surface area contributed by atoms with Crippen molar-refractivity contribution in [3.63, 3.8) is 0 Å². The first-order valence-electron chi connectivity index (χ1n) is 7.65. The maximum atomic E-state index is 12.2. The molecule has 0 unspecified atom stereocenters. The third-order valence-electron chi connectivity index (χ3n) is 4.22. The molecule has 0 atom stereocenters. The molecule has 0 spiro atoms. The number of rotatable bonds is 3. The first-order chi connectivity index (χ1) is 11.5. The molecule has 5 heteroatoms. The number of fused-ring (bicyclic) bond motifs is 1. The molecule has 0 N–H and O–H groups in total. The number of nitriles is 1. The Labute approximate surface area is 140 Å². The monoisotopic (exact) mass is 319 g/mol. The number of hydrogen-bond acceptors (Lipinski definition) is 3. The largest absolute Gasteiger partial charge is 0.328 e. The van der Waals surface area contributed by atoms with E-state index in [0.29, 0.717) is 12.0 Å². The van der Waals surface area contributed by atoms with E-state index in [1.54, 1.807) is 30.8 Å². The van der Waals surface area contributed by atoms with Crippen LogP contribution in [0.1, 0.15) is 21.5 Å². The highest BCUT2D eigenvalue weighted by atomic mass is 16.2. The van der Waals surface area contributed by atoms with Gasteiger partial charge in [-0.25, -0.2) is 0 Å². The van der Waals surface area contributed by atoms with Crippen molar-refractivity contribution in [2.24, 2.45) is 7.05 Å². The number of benzene rings is 1. The number of pyridine rings is 1. The molecule has 0 radical (unpaired) electrons. The summed E-state index contributed by atoms with van der Waals surface area (Å²) in [6, 6.07) is 9.21. The molecule has 1 amide bonds. The zero-order chi connectivity index (χ0) is 17.3. The van der Waals surface area contributed by atoms with E-state index in [4.69, 9.17) is 5.26 Å². The Hall–Kier alpha value is -3.13. The van der Waals surface area contributed by atoms with E-state index in [-0.39, 0.29) is 18.0 Å². The topological polar surface area (TPSA) is 66.1 Å². The van der Waals surface area contributed by atoms with Crippen molar-refractivity contribution >= 4 is 12.0 Å². The van der Waals surface area contributed by atoms with E-state index in [1.807, 2.05) is 36.6 Å². The van der Waals surface area contributed by atoms with E-state index in [9.17, 15) is 9.59 Å². The van der Waals surface area contributed by atoms with E-state index in [2.05, 4.69) is 0 Å². The molecule has 3 rings (SSSR count). The summed E-state index contributed by atoms with van der Waals surface area (Å²) < 4.78 is 1.60. The smallest absolute Gasteiger partial charge is 0.254 e. The van der Waals surface area contributed by atoms with Gasteiger partial charge in [-0.1, -0.05) is 24.3 Å². The minimum atomic E-state index is -0.186. The Morgan fingerprint density at radius 3 is 2.71 bits per heavy atom. The van der Waals surface area contributed by atoms with Gasteiger partial charge in [0.1, 0.15) is 6.54 Å². The molecule has 1 aliphatic carbocycles. The van der Waals surface area contributed by atoms with E-state index >= 15 is 0 Å². The SMILES string of the molecule is CN(CC#N)C(=O)c1ccc(-c2cn(C)c(=O)c3c2C=CC3)cc1.